The van der Waals surface area contributed by atoms with E-state index in [1.807, 2.05) is 18.2 Å². The second-order valence-corrected chi connectivity index (χ2v) is 5.73. The van der Waals surface area contributed by atoms with Crippen molar-refractivity contribution in [2.75, 3.05) is 0 Å². The Morgan fingerprint density at radius 2 is 1.90 bits per heavy atom. The zero-order chi connectivity index (χ0) is 14.6. The normalized spacial score (nSPS) is 25.1. The third-order valence-corrected chi connectivity index (χ3v) is 4.17. The molecule has 0 bridgehead atoms. The molecule has 2 N–H and O–H groups in total. The molecule has 1 aliphatic carbocycles. The summed E-state index contributed by atoms with van der Waals surface area (Å²) in [6, 6.07) is 10.3. The molecule has 2 rings (SSSR count). The Morgan fingerprint density at radius 3 is 2.40 bits per heavy atom. The van der Waals surface area contributed by atoms with Crippen LogP contribution in [0.5, 0.6) is 0 Å². The van der Waals surface area contributed by atoms with Crippen molar-refractivity contribution in [1.29, 1.82) is 0 Å². The van der Waals surface area contributed by atoms with Gasteiger partial charge in [0, 0.05) is 5.41 Å². The van der Waals surface area contributed by atoms with Crippen LogP contribution in [0.1, 0.15) is 38.7 Å². The van der Waals surface area contributed by atoms with Crippen molar-refractivity contribution in [2.45, 2.75) is 45.3 Å². The molecule has 0 saturated carbocycles. The van der Waals surface area contributed by atoms with Crippen LogP contribution in [0.15, 0.2) is 48.6 Å². The SMILES string of the molecule is CCCC1(C(O)C(C)O)C=CC(c2ccccc2)=CC1. The molecule has 2 heteroatoms. The van der Waals surface area contributed by atoms with Crippen molar-refractivity contribution in [2.24, 2.45) is 5.41 Å². The predicted molar refractivity (Wildman–Crippen MR) is 83.2 cm³/mol. The molecular formula is C18H24O2. The summed E-state index contributed by atoms with van der Waals surface area (Å²) in [5.74, 6) is 0. The number of hydrogen-bond acceptors (Lipinski definition) is 2. The third-order valence-electron chi connectivity index (χ3n) is 4.17. The highest BCUT2D eigenvalue weighted by Crippen LogP contribution is 2.40. The Hall–Kier alpha value is -1.38. The van der Waals surface area contributed by atoms with Gasteiger partial charge >= 0.3 is 0 Å². The van der Waals surface area contributed by atoms with Crippen molar-refractivity contribution in [3.63, 3.8) is 0 Å². The summed E-state index contributed by atoms with van der Waals surface area (Å²) in [7, 11) is 0. The summed E-state index contributed by atoms with van der Waals surface area (Å²) in [4.78, 5) is 0. The third kappa shape index (κ3) is 3.02. The van der Waals surface area contributed by atoms with E-state index in [9.17, 15) is 10.2 Å². The minimum atomic E-state index is -0.715. The van der Waals surface area contributed by atoms with Crippen molar-refractivity contribution in [3.05, 3.63) is 54.1 Å². The maximum Gasteiger partial charge on any atom is 0.0889 e. The van der Waals surface area contributed by atoms with Crippen LogP contribution in [0, 0.1) is 5.41 Å². The van der Waals surface area contributed by atoms with Gasteiger partial charge in [-0.2, -0.15) is 0 Å². The van der Waals surface area contributed by atoms with E-state index < -0.39 is 12.2 Å². The maximum absolute atomic E-state index is 10.4. The highest BCUT2D eigenvalue weighted by molar-refractivity contribution is 5.75. The lowest BCUT2D eigenvalue weighted by atomic mass is 9.70. The zero-order valence-electron chi connectivity index (χ0n) is 12.3. The Kier molecular flexibility index (Phi) is 4.79. The molecule has 0 saturated heterocycles. The summed E-state index contributed by atoms with van der Waals surface area (Å²) in [6.45, 7) is 3.77. The van der Waals surface area contributed by atoms with Gasteiger partial charge in [0.2, 0.25) is 0 Å². The van der Waals surface area contributed by atoms with Crippen LogP contribution < -0.4 is 0 Å². The highest BCUT2D eigenvalue weighted by Gasteiger charge is 2.37. The summed E-state index contributed by atoms with van der Waals surface area (Å²) in [6.07, 6.45) is 7.57. The van der Waals surface area contributed by atoms with Crippen molar-refractivity contribution >= 4 is 5.57 Å². The van der Waals surface area contributed by atoms with Gasteiger partial charge in [-0.1, -0.05) is 61.9 Å². The van der Waals surface area contributed by atoms with E-state index >= 15 is 0 Å². The molecule has 0 heterocycles. The number of aliphatic hydroxyl groups is 2. The Morgan fingerprint density at radius 1 is 1.20 bits per heavy atom. The fourth-order valence-corrected chi connectivity index (χ4v) is 3.03. The molecular weight excluding hydrogens is 248 g/mol. The molecule has 1 aromatic carbocycles. The second-order valence-electron chi connectivity index (χ2n) is 5.73. The molecule has 0 fully saturated rings. The van der Waals surface area contributed by atoms with Crippen LogP contribution in [0.25, 0.3) is 5.57 Å². The van der Waals surface area contributed by atoms with Crippen LogP contribution in [0.2, 0.25) is 0 Å². The van der Waals surface area contributed by atoms with Crippen LogP contribution >= 0.6 is 0 Å². The summed E-state index contributed by atoms with van der Waals surface area (Å²) in [5.41, 5.74) is 2.05. The topological polar surface area (TPSA) is 40.5 Å². The first-order chi connectivity index (χ1) is 9.59. The quantitative estimate of drug-likeness (QED) is 0.860. The van der Waals surface area contributed by atoms with Crippen molar-refractivity contribution < 1.29 is 10.2 Å². The van der Waals surface area contributed by atoms with Crippen molar-refractivity contribution in [1.82, 2.24) is 0 Å². The van der Waals surface area contributed by atoms with Gasteiger partial charge < -0.3 is 10.2 Å². The lowest BCUT2D eigenvalue weighted by molar-refractivity contribution is -0.0403. The van der Waals surface area contributed by atoms with Gasteiger partial charge in [0.15, 0.2) is 0 Å². The average Bonchev–Trinajstić information content (AvgIpc) is 2.48. The molecule has 0 spiro atoms. The Balaban J connectivity index is 2.22. The van der Waals surface area contributed by atoms with E-state index in [1.165, 1.54) is 11.1 Å². The standard InChI is InChI=1S/C18H24O2/c1-3-11-18(17(20)14(2)19)12-9-16(10-13-18)15-7-5-4-6-8-15/h4-10,12,14,17,19-20H,3,11,13H2,1-2H3. The van der Waals surface area contributed by atoms with Crippen LogP contribution in [0.4, 0.5) is 0 Å². The highest BCUT2D eigenvalue weighted by atomic mass is 16.3. The van der Waals surface area contributed by atoms with Crippen LogP contribution in [-0.4, -0.2) is 22.4 Å². The summed E-state index contributed by atoms with van der Waals surface area (Å²) < 4.78 is 0. The fraction of sp³-hybridized carbons (Fsp3) is 0.444. The summed E-state index contributed by atoms with van der Waals surface area (Å²) in [5, 5.41) is 20.1. The Bertz CT molecular complexity index is 487. The molecule has 0 amide bonds. The van der Waals surface area contributed by atoms with E-state index in [0.29, 0.717) is 0 Å². The first kappa shape index (κ1) is 15.0. The van der Waals surface area contributed by atoms with E-state index in [2.05, 4.69) is 37.3 Å². The lowest BCUT2D eigenvalue weighted by Crippen LogP contribution is -2.41. The van der Waals surface area contributed by atoms with Gasteiger partial charge in [0.1, 0.15) is 0 Å². The van der Waals surface area contributed by atoms with Crippen LogP contribution in [-0.2, 0) is 0 Å². The smallest absolute Gasteiger partial charge is 0.0889 e. The molecule has 108 valence electrons. The molecule has 20 heavy (non-hydrogen) atoms. The predicted octanol–water partition coefficient (Wildman–Crippen LogP) is 3.56. The van der Waals surface area contributed by atoms with Gasteiger partial charge in [-0.3, -0.25) is 0 Å². The molecule has 2 nitrogen and oxygen atoms in total. The largest absolute Gasteiger partial charge is 0.391 e. The maximum atomic E-state index is 10.4. The molecule has 3 atom stereocenters. The van der Waals surface area contributed by atoms with Gasteiger partial charge in [0.25, 0.3) is 0 Å². The molecule has 3 unspecified atom stereocenters. The number of benzene rings is 1. The molecule has 1 aromatic rings. The first-order valence-electron chi connectivity index (χ1n) is 7.40. The van der Waals surface area contributed by atoms with Gasteiger partial charge in [-0.15, -0.1) is 0 Å². The minimum Gasteiger partial charge on any atom is -0.391 e. The van der Waals surface area contributed by atoms with E-state index in [4.69, 9.17) is 0 Å². The monoisotopic (exact) mass is 272 g/mol. The first-order valence-corrected chi connectivity index (χ1v) is 7.40. The number of aliphatic hydroxyl groups excluding tert-OH is 2. The molecule has 0 aliphatic heterocycles. The number of rotatable bonds is 5. The lowest BCUT2D eigenvalue weighted by Gasteiger charge is -2.38. The van der Waals surface area contributed by atoms with Crippen molar-refractivity contribution in [3.8, 4) is 0 Å². The Labute approximate surface area is 121 Å². The van der Waals surface area contributed by atoms with E-state index in [1.54, 1.807) is 6.92 Å². The number of hydrogen-bond donors (Lipinski definition) is 2. The molecule has 0 aromatic heterocycles. The van der Waals surface area contributed by atoms with Gasteiger partial charge in [-0.05, 0) is 30.9 Å². The van der Waals surface area contributed by atoms with Gasteiger partial charge in [0.05, 0.1) is 12.2 Å². The van der Waals surface area contributed by atoms with E-state index in [0.717, 1.165) is 19.3 Å². The number of allylic oxidation sites excluding steroid dienone is 3. The average molecular weight is 272 g/mol. The minimum absolute atomic E-state index is 0.332. The second kappa shape index (κ2) is 6.38. The molecule has 0 radical (unpaired) electrons. The van der Waals surface area contributed by atoms with Crippen LogP contribution in [0.3, 0.4) is 0 Å². The zero-order valence-corrected chi connectivity index (χ0v) is 12.3. The van der Waals surface area contributed by atoms with E-state index in [-0.39, 0.29) is 5.41 Å². The molecule has 1 aliphatic rings. The fourth-order valence-electron chi connectivity index (χ4n) is 3.03. The van der Waals surface area contributed by atoms with Gasteiger partial charge in [-0.25, -0.2) is 0 Å². The summed E-state index contributed by atoms with van der Waals surface area (Å²) >= 11 is 0.